The van der Waals surface area contributed by atoms with E-state index >= 15 is 0 Å². The van der Waals surface area contributed by atoms with Crippen molar-refractivity contribution in [3.63, 3.8) is 0 Å². The minimum atomic E-state index is -1.01. The minimum absolute atomic E-state index is 0.0390. The Morgan fingerprint density at radius 1 is 1.19 bits per heavy atom. The monoisotopic (exact) mass is 287 g/mol. The summed E-state index contributed by atoms with van der Waals surface area (Å²) in [7, 11) is 0. The third-order valence-corrected chi connectivity index (χ3v) is 2.59. The van der Waals surface area contributed by atoms with Crippen molar-refractivity contribution in [2.45, 2.75) is 12.5 Å². The number of carbonyl (C=O) groups excluding carboxylic acids is 1. The zero-order chi connectivity index (χ0) is 15.1. The Bertz CT molecular complexity index is 606. The summed E-state index contributed by atoms with van der Waals surface area (Å²) >= 11 is 0. The fraction of sp³-hybridized carbons (Fsp3) is 0.154. The van der Waals surface area contributed by atoms with Gasteiger partial charge in [-0.25, -0.2) is 9.78 Å². The van der Waals surface area contributed by atoms with Gasteiger partial charge in [-0.05, 0) is 5.56 Å². The first-order valence-electron chi connectivity index (χ1n) is 6.13. The van der Waals surface area contributed by atoms with Crippen molar-refractivity contribution in [1.82, 2.24) is 20.5 Å². The van der Waals surface area contributed by atoms with Gasteiger partial charge in [-0.1, -0.05) is 30.3 Å². The van der Waals surface area contributed by atoms with Crippen LogP contribution in [0.4, 0.5) is 10.7 Å². The molecular weight excluding hydrogens is 274 g/mol. The SMILES string of the molecule is O=C(O)CC(NC(=O)Nc1nccnn1)c1ccccc1. The molecule has 2 rings (SSSR count). The molecule has 0 saturated carbocycles. The van der Waals surface area contributed by atoms with Crippen LogP contribution in [-0.4, -0.2) is 32.3 Å². The summed E-state index contributed by atoms with van der Waals surface area (Å²) in [5, 5.41) is 21.1. The lowest BCUT2D eigenvalue weighted by Gasteiger charge is -2.17. The molecule has 2 aromatic rings. The van der Waals surface area contributed by atoms with Gasteiger partial charge in [0.05, 0.1) is 24.9 Å². The van der Waals surface area contributed by atoms with E-state index in [-0.39, 0.29) is 12.4 Å². The number of hydrogen-bond acceptors (Lipinski definition) is 5. The van der Waals surface area contributed by atoms with Crippen LogP contribution >= 0.6 is 0 Å². The summed E-state index contributed by atoms with van der Waals surface area (Å²) in [6, 6.07) is 7.59. The number of carboxylic acids is 1. The Balaban J connectivity index is 2.05. The van der Waals surface area contributed by atoms with Crippen molar-refractivity contribution < 1.29 is 14.7 Å². The van der Waals surface area contributed by atoms with E-state index in [1.165, 1.54) is 12.4 Å². The van der Waals surface area contributed by atoms with E-state index in [4.69, 9.17) is 5.11 Å². The highest BCUT2D eigenvalue weighted by Gasteiger charge is 2.18. The summed E-state index contributed by atoms with van der Waals surface area (Å²) in [6.45, 7) is 0. The van der Waals surface area contributed by atoms with Crippen LogP contribution in [0.1, 0.15) is 18.0 Å². The Morgan fingerprint density at radius 3 is 2.57 bits per heavy atom. The van der Waals surface area contributed by atoms with Gasteiger partial charge in [0.1, 0.15) is 0 Å². The number of nitrogens with zero attached hydrogens (tertiary/aromatic N) is 3. The van der Waals surface area contributed by atoms with Crippen molar-refractivity contribution in [2.75, 3.05) is 5.32 Å². The molecule has 1 unspecified atom stereocenters. The van der Waals surface area contributed by atoms with E-state index in [2.05, 4.69) is 25.8 Å². The fourth-order valence-electron chi connectivity index (χ4n) is 1.71. The molecule has 0 aliphatic rings. The zero-order valence-electron chi connectivity index (χ0n) is 10.9. The number of anilines is 1. The smallest absolute Gasteiger partial charge is 0.322 e. The van der Waals surface area contributed by atoms with Gasteiger partial charge in [0, 0.05) is 0 Å². The molecule has 8 heteroatoms. The molecule has 0 bridgehead atoms. The number of hydrogen-bond donors (Lipinski definition) is 3. The molecule has 2 amide bonds. The third-order valence-electron chi connectivity index (χ3n) is 2.59. The van der Waals surface area contributed by atoms with Crippen LogP contribution in [0.2, 0.25) is 0 Å². The molecule has 1 aromatic heterocycles. The maximum Gasteiger partial charge on any atom is 0.322 e. The van der Waals surface area contributed by atoms with Crippen LogP contribution in [0.15, 0.2) is 42.7 Å². The number of rotatable bonds is 5. The molecule has 0 radical (unpaired) electrons. The number of carboxylic acid groups (broad SMARTS) is 1. The van der Waals surface area contributed by atoms with E-state index in [0.29, 0.717) is 5.56 Å². The average molecular weight is 287 g/mol. The molecule has 0 aliphatic heterocycles. The van der Waals surface area contributed by atoms with Crippen molar-refractivity contribution in [3.05, 3.63) is 48.3 Å². The molecule has 1 heterocycles. The van der Waals surface area contributed by atoms with Crippen LogP contribution in [0.3, 0.4) is 0 Å². The highest BCUT2D eigenvalue weighted by atomic mass is 16.4. The molecule has 21 heavy (non-hydrogen) atoms. The normalized spacial score (nSPS) is 11.4. The first-order valence-corrected chi connectivity index (χ1v) is 6.13. The lowest BCUT2D eigenvalue weighted by Crippen LogP contribution is -2.34. The van der Waals surface area contributed by atoms with Gasteiger partial charge in [-0.2, -0.15) is 5.10 Å². The van der Waals surface area contributed by atoms with Gasteiger partial charge in [0.25, 0.3) is 5.95 Å². The van der Waals surface area contributed by atoms with E-state index < -0.39 is 18.0 Å². The number of benzene rings is 1. The van der Waals surface area contributed by atoms with Crippen LogP contribution in [0.25, 0.3) is 0 Å². The van der Waals surface area contributed by atoms with Gasteiger partial charge < -0.3 is 10.4 Å². The van der Waals surface area contributed by atoms with Gasteiger partial charge >= 0.3 is 12.0 Å². The summed E-state index contributed by atoms with van der Waals surface area (Å²) in [4.78, 5) is 26.6. The van der Waals surface area contributed by atoms with Crippen molar-refractivity contribution in [3.8, 4) is 0 Å². The topological polar surface area (TPSA) is 117 Å². The molecule has 1 atom stereocenters. The Morgan fingerprint density at radius 2 is 1.95 bits per heavy atom. The van der Waals surface area contributed by atoms with Gasteiger partial charge in [0.2, 0.25) is 0 Å². The Labute approximate surface area is 120 Å². The molecule has 0 saturated heterocycles. The van der Waals surface area contributed by atoms with E-state index in [9.17, 15) is 9.59 Å². The maximum atomic E-state index is 11.9. The standard InChI is InChI=1S/C13H13N5O3/c19-11(20)8-10(9-4-2-1-3-5-9)16-13(21)17-12-14-6-7-15-18-12/h1-7,10H,8H2,(H,19,20)(H2,14,16,17,18,21). The Kier molecular flexibility index (Phi) is 4.75. The van der Waals surface area contributed by atoms with E-state index in [0.717, 1.165) is 0 Å². The predicted molar refractivity (Wildman–Crippen MR) is 73.4 cm³/mol. The maximum absolute atomic E-state index is 11.9. The molecule has 0 spiro atoms. The number of aliphatic carboxylic acids is 1. The van der Waals surface area contributed by atoms with E-state index in [1.807, 2.05) is 6.07 Å². The number of nitrogens with one attached hydrogen (secondary N) is 2. The third kappa shape index (κ3) is 4.53. The molecule has 1 aromatic carbocycles. The predicted octanol–water partition coefficient (Wildman–Crippen LogP) is 1.21. The molecular formula is C13H13N5O3. The lowest BCUT2D eigenvalue weighted by molar-refractivity contribution is -0.137. The summed E-state index contributed by atoms with van der Waals surface area (Å²) in [6.07, 6.45) is 2.53. The second-order valence-corrected chi connectivity index (χ2v) is 4.13. The molecule has 0 aliphatic carbocycles. The highest BCUT2D eigenvalue weighted by Crippen LogP contribution is 2.16. The molecule has 0 fully saturated rings. The molecule has 3 N–H and O–H groups in total. The quantitative estimate of drug-likeness (QED) is 0.761. The van der Waals surface area contributed by atoms with Gasteiger partial charge in [-0.15, -0.1) is 5.10 Å². The minimum Gasteiger partial charge on any atom is -0.481 e. The van der Waals surface area contributed by atoms with Gasteiger partial charge in [-0.3, -0.25) is 10.1 Å². The summed E-state index contributed by atoms with van der Waals surface area (Å²) in [5.41, 5.74) is 0.696. The summed E-state index contributed by atoms with van der Waals surface area (Å²) in [5.74, 6) is -0.973. The second kappa shape index (κ2) is 6.94. The number of amides is 2. The molecule has 108 valence electrons. The van der Waals surface area contributed by atoms with Crippen LogP contribution in [0.5, 0.6) is 0 Å². The van der Waals surface area contributed by atoms with Crippen molar-refractivity contribution in [1.29, 1.82) is 0 Å². The lowest BCUT2D eigenvalue weighted by atomic mass is 10.0. The number of urea groups is 1. The zero-order valence-corrected chi connectivity index (χ0v) is 10.9. The summed E-state index contributed by atoms with van der Waals surface area (Å²) < 4.78 is 0. The van der Waals surface area contributed by atoms with Crippen LogP contribution in [0, 0.1) is 0 Å². The van der Waals surface area contributed by atoms with E-state index in [1.54, 1.807) is 24.3 Å². The number of aromatic nitrogens is 3. The van der Waals surface area contributed by atoms with Crippen molar-refractivity contribution in [2.24, 2.45) is 0 Å². The van der Waals surface area contributed by atoms with Gasteiger partial charge in [0.15, 0.2) is 0 Å². The van der Waals surface area contributed by atoms with Crippen molar-refractivity contribution >= 4 is 17.9 Å². The van der Waals surface area contributed by atoms with Crippen LogP contribution < -0.4 is 10.6 Å². The molecule has 8 nitrogen and oxygen atoms in total. The van der Waals surface area contributed by atoms with Crippen LogP contribution in [-0.2, 0) is 4.79 Å². The average Bonchev–Trinajstić information content (AvgIpc) is 2.48. The number of carbonyl (C=O) groups is 2. The first-order chi connectivity index (χ1) is 10.1. The highest BCUT2D eigenvalue weighted by molar-refractivity contribution is 5.87. The Hall–Kier alpha value is -3.03. The fourth-order valence-corrected chi connectivity index (χ4v) is 1.71. The second-order valence-electron chi connectivity index (χ2n) is 4.13. The largest absolute Gasteiger partial charge is 0.481 e. The first kappa shape index (κ1) is 14.4.